The molecule has 0 aliphatic heterocycles. The van der Waals surface area contributed by atoms with E-state index in [2.05, 4.69) is 26.8 Å². The van der Waals surface area contributed by atoms with Crippen molar-refractivity contribution in [3.05, 3.63) is 42.9 Å². The maximum absolute atomic E-state index is 4.33. The van der Waals surface area contributed by atoms with Crippen molar-refractivity contribution in [2.75, 3.05) is 5.32 Å². The topological polar surface area (TPSA) is 53.6 Å². The molecule has 17 heavy (non-hydrogen) atoms. The van der Waals surface area contributed by atoms with Gasteiger partial charge in [-0.1, -0.05) is 24.8 Å². The molecule has 0 spiro atoms. The van der Waals surface area contributed by atoms with E-state index >= 15 is 0 Å². The van der Waals surface area contributed by atoms with Gasteiger partial charge in [-0.15, -0.1) is 0 Å². The molecular weight excluding hydrogens is 212 g/mol. The molecule has 0 fully saturated rings. The lowest BCUT2D eigenvalue weighted by molar-refractivity contribution is 1.20. The van der Waals surface area contributed by atoms with Crippen LogP contribution in [0.2, 0.25) is 0 Å². The predicted molar refractivity (Wildman–Crippen MR) is 69.8 cm³/mol. The second kappa shape index (κ2) is 3.59. The summed E-state index contributed by atoms with van der Waals surface area (Å²) in [6.45, 7) is 5.73. The highest BCUT2D eigenvalue weighted by Gasteiger charge is 2.09. The fourth-order valence-electron chi connectivity index (χ4n) is 1.94. The molecule has 1 aromatic carbocycles. The summed E-state index contributed by atoms with van der Waals surface area (Å²) in [6, 6.07) is 8.08. The minimum absolute atomic E-state index is 0.763. The number of hydrogen-bond acceptors (Lipinski definition) is 3. The maximum atomic E-state index is 4.33. The monoisotopic (exact) mass is 224 g/mol. The molecule has 2 aromatic heterocycles. The van der Waals surface area contributed by atoms with Crippen LogP contribution >= 0.6 is 0 Å². The van der Waals surface area contributed by atoms with Crippen molar-refractivity contribution in [1.29, 1.82) is 0 Å². The van der Waals surface area contributed by atoms with Crippen LogP contribution in [-0.4, -0.2) is 15.0 Å². The number of H-pyrrole nitrogens is 1. The average Bonchev–Trinajstić information content (AvgIpc) is 2.68. The Balaban J connectivity index is 2.35. The number of aromatic amines is 1. The van der Waals surface area contributed by atoms with Gasteiger partial charge in [0.05, 0.1) is 0 Å². The second-order valence-electron chi connectivity index (χ2n) is 4.02. The lowest BCUT2D eigenvalue weighted by atomic mass is 10.2. The van der Waals surface area contributed by atoms with E-state index in [0.29, 0.717) is 0 Å². The van der Waals surface area contributed by atoms with Gasteiger partial charge in [-0.2, -0.15) is 0 Å². The maximum Gasteiger partial charge on any atom is 0.158 e. The van der Waals surface area contributed by atoms with Gasteiger partial charge in [0.25, 0.3) is 0 Å². The Morgan fingerprint density at radius 2 is 2.12 bits per heavy atom. The van der Waals surface area contributed by atoms with E-state index in [1.54, 1.807) is 6.33 Å². The third-order valence-electron chi connectivity index (χ3n) is 2.62. The number of benzene rings is 1. The molecule has 4 heteroatoms. The van der Waals surface area contributed by atoms with Gasteiger partial charge in [0, 0.05) is 16.6 Å². The zero-order valence-electron chi connectivity index (χ0n) is 9.49. The van der Waals surface area contributed by atoms with Crippen LogP contribution in [0, 0.1) is 0 Å². The molecule has 0 atom stereocenters. The second-order valence-corrected chi connectivity index (χ2v) is 4.02. The summed E-state index contributed by atoms with van der Waals surface area (Å²) >= 11 is 0. The van der Waals surface area contributed by atoms with Crippen LogP contribution in [0.15, 0.2) is 42.9 Å². The molecule has 0 aliphatic rings. The average molecular weight is 224 g/mol. The van der Waals surface area contributed by atoms with Crippen LogP contribution in [0.1, 0.15) is 6.92 Å². The molecule has 84 valence electrons. The highest BCUT2D eigenvalue weighted by atomic mass is 15.0. The smallest absolute Gasteiger partial charge is 0.158 e. The number of aromatic nitrogens is 3. The Hall–Kier alpha value is -2.36. The number of rotatable bonds is 2. The summed E-state index contributed by atoms with van der Waals surface area (Å²) < 4.78 is 0. The van der Waals surface area contributed by atoms with Gasteiger partial charge in [-0.3, -0.25) is 0 Å². The van der Waals surface area contributed by atoms with Crippen LogP contribution in [0.3, 0.4) is 0 Å². The molecule has 0 saturated carbocycles. The van der Waals surface area contributed by atoms with Crippen molar-refractivity contribution >= 4 is 27.8 Å². The molecule has 0 amide bonds. The van der Waals surface area contributed by atoms with E-state index in [1.165, 1.54) is 0 Å². The summed E-state index contributed by atoms with van der Waals surface area (Å²) in [4.78, 5) is 11.9. The first-order valence-electron chi connectivity index (χ1n) is 5.39. The summed E-state index contributed by atoms with van der Waals surface area (Å²) in [5.41, 5.74) is 3.76. The summed E-state index contributed by atoms with van der Waals surface area (Å²) in [7, 11) is 0. The van der Waals surface area contributed by atoms with E-state index in [4.69, 9.17) is 0 Å². The van der Waals surface area contributed by atoms with Gasteiger partial charge in [-0.05, 0) is 13.0 Å². The first-order valence-corrected chi connectivity index (χ1v) is 5.39. The highest BCUT2D eigenvalue weighted by molar-refractivity contribution is 6.08. The van der Waals surface area contributed by atoms with E-state index in [0.717, 1.165) is 33.5 Å². The Labute approximate surface area is 98.4 Å². The molecule has 0 bridgehead atoms. The first kappa shape index (κ1) is 9.84. The van der Waals surface area contributed by atoms with Gasteiger partial charge in [0.15, 0.2) is 5.82 Å². The normalized spacial score (nSPS) is 10.9. The molecule has 4 nitrogen and oxygen atoms in total. The van der Waals surface area contributed by atoms with Crippen molar-refractivity contribution in [2.45, 2.75) is 6.92 Å². The van der Waals surface area contributed by atoms with Crippen molar-refractivity contribution in [3.63, 3.8) is 0 Å². The van der Waals surface area contributed by atoms with Crippen LogP contribution < -0.4 is 5.32 Å². The number of para-hydroxylation sites is 1. The minimum atomic E-state index is 0.763. The molecule has 3 rings (SSSR count). The summed E-state index contributed by atoms with van der Waals surface area (Å²) in [5, 5.41) is 4.24. The van der Waals surface area contributed by atoms with Crippen molar-refractivity contribution in [2.24, 2.45) is 0 Å². The molecule has 0 aliphatic carbocycles. The number of anilines is 1. The molecule has 2 N–H and O–H groups in total. The molecule has 2 heterocycles. The van der Waals surface area contributed by atoms with E-state index < -0.39 is 0 Å². The molecule has 0 saturated heterocycles. The fraction of sp³-hybridized carbons (Fsp3) is 0.0769. The largest absolute Gasteiger partial charge is 0.350 e. The van der Waals surface area contributed by atoms with Crippen LogP contribution in [-0.2, 0) is 0 Å². The lowest BCUT2D eigenvalue weighted by Gasteiger charge is -2.03. The summed E-state index contributed by atoms with van der Waals surface area (Å²) in [6.07, 6.45) is 1.56. The van der Waals surface area contributed by atoms with Crippen molar-refractivity contribution < 1.29 is 0 Å². The SMILES string of the molecule is C=C(C)Nc1ncnc2c1[nH]c1ccccc12. The highest BCUT2D eigenvalue weighted by Crippen LogP contribution is 2.27. The van der Waals surface area contributed by atoms with Crippen LogP contribution in [0.25, 0.3) is 21.9 Å². The Morgan fingerprint density at radius 3 is 2.94 bits per heavy atom. The zero-order valence-corrected chi connectivity index (χ0v) is 9.49. The third-order valence-corrected chi connectivity index (χ3v) is 2.62. The minimum Gasteiger partial charge on any atom is -0.350 e. The molecule has 0 radical (unpaired) electrons. The van der Waals surface area contributed by atoms with Gasteiger partial charge >= 0.3 is 0 Å². The number of allylic oxidation sites excluding steroid dienone is 1. The Kier molecular flexibility index (Phi) is 2.08. The third kappa shape index (κ3) is 1.54. The van der Waals surface area contributed by atoms with E-state index in [9.17, 15) is 0 Å². The van der Waals surface area contributed by atoms with Gasteiger partial charge in [0.1, 0.15) is 17.4 Å². The Morgan fingerprint density at radius 1 is 1.29 bits per heavy atom. The van der Waals surface area contributed by atoms with Crippen LogP contribution in [0.4, 0.5) is 5.82 Å². The van der Waals surface area contributed by atoms with Crippen molar-refractivity contribution in [3.8, 4) is 0 Å². The number of nitrogens with one attached hydrogen (secondary N) is 2. The van der Waals surface area contributed by atoms with Crippen molar-refractivity contribution in [1.82, 2.24) is 15.0 Å². The lowest BCUT2D eigenvalue weighted by Crippen LogP contribution is -1.97. The van der Waals surface area contributed by atoms with E-state index in [1.807, 2.05) is 31.2 Å². The predicted octanol–water partition coefficient (Wildman–Crippen LogP) is 3.06. The fourth-order valence-corrected chi connectivity index (χ4v) is 1.94. The molecule has 0 unspecified atom stereocenters. The van der Waals surface area contributed by atoms with Gasteiger partial charge < -0.3 is 10.3 Å². The summed E-state index contributed by atoms with van der Waals surface area (Å²) in [5.74, 6) is 0.763. The zero-order chi connectivity index (χ0) is 11.8. The number of hydrogen-bond donors (Lipinski definition) is 2. The number of fused-ring (bicyclic) bond motifs is 3. The molecule has 3 aromatic rings. The van der Waals surface area contributed by atoms with Gasteiger partial charge in [-0.25, -0.2) is 9.97 Å². The van der Waals surface area contributed by atoms with E-state index in [-0.39, 0.29) is 0 Å². The quantitative estimate of drug-likeness (QED) is 0.703. The molecular formula is C13H12N4. The van der Waals surface area contributed by atoms with Gasteiger partial charge in [0.2, 0.25) is 0 Å². The number of nitrogens with zero attached hydrogens (tertiary/aromatic N) is 2. The first-order chi connectivity index (χ1) is 8.25. The van der Waals surface area contributed by atoms with Crippen LogP contribution in [0.5, 0.6) is 0 Å². The standard InChI is InChI=1S/C13H12N4/c1-8(2)16-13-12-11(14-7-15-13)9-5-3-4-6-10(9)17-12/h3-7,17H,1H2,2H3,(H,14,15,16). The Bertz CT molecular complexity index is 712.